The fourth-order valence-electron chi connectivity index (χ4n) is 4.17. The Bertz CT molecular complexity index is 913. The third-order valence-electron chi connectivity index (χ3n) is 5.31. The third-order valence-corrected chi connectivity index (χ3v) is 7.74. The van der Waals surface area contributed by atoms with Crippen LogP contribution in [0.2, 0.25) is 0 Å². The fraction of sp³-hybridized carbons (Fsp3) is 0.562. The molecule has 0 radical (unpaired) electrons. The molecule has 1 heterocycles. The van der Waals surface area contributed by atoms with Crippen LogP contribution in [-0.4, -0.2) is 19.0 Å². The average molecular weight is 352 g/mol. The van der Waals surface area contributed by atoms with Gasteiger partial charge in [0.1, 0.15) is 0 Å². The maximum atomic E-state index is 12.7. The van der Waals surface area contributed by atoms with E-state index in [1.165, 1.54) is 6.42 Å². The van der Waals surface area contributed by atoms with E-state index in [1.807, 2.05) is 6.92 Å². The summed E-state index contributed by atoms with van der Waals surface area (Å²) in [6.45, 7) is 2.50. The van der Waals surface area contributed by atoms with E-state index in [0.717, 1.165) is 40.8 Å². The Kier molecular flexibility index (Phi) is 3.62. The van der Waals surface area contributed by atoms with Crippen LogP contribution in [0.15, 0.2) is 27.9 Å². The minimum absolute atomic E-state index is 0.0434. The maximum Gasteiger partial charge on any atom is 0.308 e. The summed E-state index contributed by atoms with van der Waals surface area (Å²) in [7, 11) is -3.52. The van der Waals surface area contributed by atoms with Gasteiger partial charge in [-0.05, 0) is 56.2 Å². The van der Waals surface area contributed by atoms with E-state index in [-0.39, 0.29) is 15.8 Å². The summed E-state index contributed by atoms with van der Waals surface area (Å²) in [5.41, 5.74) is 0.807. The minimum atomic E-state index is -3.52. The Morgan fingerprint density at radius 1 is 1.30 bits per heavy atom. The van der Waals surface area contributed by atoms with E-state index in [2.05, 4.69) is 4.72 Å². The zero-order valence-corrected chi connectivity index (χ0v) is 14.6. The van der Waals surface area contributed by atoms with Gasteiger partial charge < -0.3 is 0 Å². The van der Waals surface area contributed by atoms with Gasteiger partial charge >= 0.3 is 4.87 Å². The first-order chi connectivity index (χ1) is 11.0. The average Bonchev–Trinajstić information content (AvgIpc) is 3.18. The predicted molar refractivity (Wildman–Crippen MR) is 91.3 cm³/mol. The maximum absolute atomic E-state index is 12.7. The number of sulfonamides is 1. The molecule has 0 saturated heterocycles. The van der Waals surface area contributed by atoms with Gasteiger partial charge in [0.2, 0.25) is 10.0 Å². The van der Waals surface area contributed by atoms with Gasteiger partial charge in [0.15, 0.2) is 0 Å². The molecular formula is C16H20N2O3S2. The van der Waals surface area contributed by atoms with Crippen molar-refractivity contribution in [2.45, 2.75) is 50.1 Å². The SMILES string of the molecule is CCn1c(=O)sc2cc(S(=O)(=O)N[C@H]3C[C@H]4CC[C@H]3C4)ccc21. The largest absolute Gasteiger partial charge is 0.308 e. The molecule has 0 spiro atoms. The van der Waals surface area contributed by atoms with Gasteiger partial charge in [0.25, 0.3) is 0 Å². The first kappa shape index (κ1) is 15.4. The van der Waals surface area contributed by atoms with Gasteiger partial charge in [-0.2, -0.15) is 0 Å². The lowest BCUT2D eigenvalue weighted by Gasteiger charge is -2.22. The molecule has 7 heteroatoms. The van der Waals surface area contributed by atoms with E-state index in [4.69, 9.17) is 0 Å². The highest BCUT2D eigenvalue weighted by atomic mass is 32.2. The predicted octanol–water partition coefficient (Wildman–Crippen LogP) is 2.55. The Morgan fingerprint density at radius 2 is 2.13 bits per heavy atom. The van der Waals surface area contributed by atoms with Crippen LogP contribution in [-0.2, 0) is 16.6 Å². The molecule has 1 N–H and O–H groups in total. The van der Waals surface area contributed by atoms with Crippen molar-refractivity contribution in [2.75, 3.05) is 0 Å². The smallest absolute Gasteiger partial charge is 0.299 e. The van der Waals surface area contributed by atoms with Gasteiger partial charge in [-0.3, -0.25) is 9.36 Å². The Hall–Kier alpha value is -1.18. The second-order valence-electron chi connectivity index (χ2n) is 6.64. The molecule has 3 atom stereocenters. The Balaban J connectivity index is 1.66. The summed E-state index contributed by atoms with van der Waals surface area (Å²) < 4.78 is 30.6. The molecule has 1 aromatic heterocycles. The summed E-state index contributed by atoms with van der Waals surface area (Å²) in [4.78, 5) is 12.1. The fourth-order valence-corrected chi connectivity index (χ4v) is 6.58. The second kappa shape index (κ2) is 5.43. The molecule has 2 saturated carbocycles. The van der Waals surface area contributed by atoms with E-state index >= 15 is 0 Å². The van der Waals surface area contributed by atoms with E-state index < -0.39 is 10.0 Å². The molecule has 1 aromatic carbocycles. The van der Waals surface area contributed by atoms with Gasteiger partial charge in [0.05, 0.1) is 15.1 Å². The van der Waals surface area contributed by atoms with Crippen molar-refractivity contribution in [1.82, 2.24) is 9.29 Å². The van der Waals surface area contributed by atoms with Gasteiger partial charge in [-0.1, -0.05) is 17.8 Å². The highest BCUT2D eigenvalue weighted by Gasteiger charge is 2.41. The highest BCUT2D eigenvalue weighted by molar-refractivity contribution is 7.89. The first-order valence-corrected chi connectivity index (χ1v) is 10.4. The summed E-state index contributed by atoms with van der Waals surface area (Å²) in [5, 5.41) is 0. The Morgan fingerprint density at radius 3 is 2.78 bits per heavy atom. The molecule has 2 aromatic rings. The zero-order chi connectivity index (χ0) is 16.2. The molecule has 0 unspecified atom stereocenters. The number of fused-ring (bicyclic) bond motifs is 3. The van der Waals surface area contributed by atoms with Crippen LogP contribution < -0.4 is 9.60 Å². The summed E-state index contributed by atoms with van der Waals surface area (Å²) >= 11 is 1.10. The molecule has 0 amide bonds. The van der Waals surface area contributed by atoms with Crippen LogP contribution in [0.25, 0.3) is 10.2 Å². The van der Waals surface area contributed by atoms with Crippen LogP contribution in [0.4, 0.5) is 0 Å². The van der Waals surface area contributed by atoms with Crippen LogP contribution >= 0.6 is 11.3 Å². The molecule has 124 valence electrons. The van der Waals surface area contributed by atoms with Gasteiger partial charge in [0, 0.05) is 12.6 Å². The highest BCUT2D eigenvalue weighted by Crippen LogP contribution is 2.44. The number of rotatable bonds is 4. The normalized spacial score (nSPS) is 27.1. The topological polar surface area (TPSA) is 68.2 Å². The summed E-state index contributed by atoms with van der Waals surface area (Å²) in [5.74, 6) is 1.19. The zero-order valence-electron chi connectivity index (χ0n) is 13.0. The van der Waals surface area contributed by atoms with Crippen molar-refractivity contribution in [2.24, 2.45) is 11.8 Å². The quantitative estimate of drug-likeness (QED) is 0.919. The number of hydrogen-bond acceptors (Lipinski definition) is 4. The summed E-state index contributed by atoms with van der Waals surface area (Å²) in [6.07, 6.45) is 4.50. The number of hydrogen-bond donors (Lipinski definition) is 1. The molecule has 2 bridgehead atoms. The number of aromatic nitrogens is 1. The molecular weight excluding hydrogens is 332 g/mol. The van der Waals surface area contributed by atoms with E-state index in [1.54, 1.807) is 22.8 Å². The number of nitrogens with one attached hydrogen (secondary N) is 1. The summed E-state index contributed by atoms with van der Waals surface area (Å²) in [6, 6.07) is 5.05. The molecule has 4 rings (SSSR count). The van der Waals surface area contributed by atoms with Gasteiger partial charge in [-0.15, -0.1) is 0 Å². The monoisotopic (exact) mass is 352 g/mol. The van der Waals surface area contributed by atoms with Crippen LogP contribution in [0.1, 0.15) is 32.6 Å². The molecule has 0 aliphatic heterocycles. The van der Waals surface area contributed by atoms with Crippen LogP contribution in [0.5, 0.6) is 0 Å². The first-order valence-electron chi connectivity index (χ1n) is 8.13. The van der Waals surface area contributed by atoms with E-state index in [9.17, 15) is 13.2 Å². The third kappa shape index (κ3) is 2.55. The lowest BCUT2D eigenvalue weighted by Crippen LogP contribution is -2.38. The van der Waals surface area contributed by atoms with Crippen LogP contribution in [0.3, 0.4) is 0 Å². The number of aryl methyl sites for hydroxylation is 1. The number of benzene rings is 1. The molecule has 2 fully saturated rings. The van der Waals surface area contributed by atoms with Crippen molar-refractivity contribution >= 4 is 31.6 Å². The molecule has 5 nitrogen and oxygen atoms in total. The molecule has 2 aliphatic carbocycles. The lowest BCUT2D eigenvalue weighted by molar-refractivity contribution is 0.390. The lowest BCUT2D eigenvalue weighted by atomic mass is 9.96. The second-order valence-corrected chi connectivity index (χ2v) is 9.35. The van der Waals surface area contributed by atoms with Crippen molar-refractivity contribution < 1.29 is 8.42 Å². The standard InChI is InChI=1S/C16H20N2O3S2/c1-2-18-14-6-5-12(9-15(14)22-16(18)19)23(20,21)17-13-8-10-3-4-11(13)7-10/h5-6,9-11,13,17H,2-4,7-8H2,1H3/t10-,11-,13-/m0/s1. The van der Waals surface area contributed by atoms with Crippen LogP contribution in [0, 0.1) is 11.8 Å². The molecule has 2 aliphatic rings. The van der Waals surface area contributed by atoms with Crippen molar-refractivity contribution in [3.05, 3.63) is 27.9 Å². The minimum Gasteiger partial charge on any atom is -0.299 e. The number of thiazole rings is 1. The van der Waals surface area contributed by atoms with Crippen molar-refractivity contribution in [3.63, 3.8) is 0 Å². The molecule has 23 heavy (non-hydrogen) atoms. The van der Waals surface area contributed by atoms with Gasteiger partial charge in [-0.25, -0.2) is 13.1 Å². The van der Waals surface area contributed by atoms with Crippen molar-refractivity contribution in [1.29, 1.82) is 0 Å². The van der Waals surface area contributed by atoms with Crippen molar-refractivity contribution in [3.8, 4) is 0 Å². The number of nitrogens with zero attached hydrogens (tertiary/aromatic N) is 1. The van der Waals surface area contributed by atoms with E-state index in [0.29, 0.717) is 18.4 Å². The Labute approximate surface area is 139 Å².